The highest BCUT2D eigenvalue weighted by Crippen LogP contribution is 2.25. The Hall–Kier alpha value is -3.00. The van der Waals surface area contributed by atoms with Crippen LogP contribution in [-0.2, 0) is 4.74 Å². The molecular formula is C20H23N7O. The van der Waals surface area contributed by atoms with Crippen molar-refractivity contribution in [1.29, 1.82) is 0 Å². The van der Waals surface area contributed by atoms with E-state index in [4.69, 9.17) is 19.7 Å². The Morgan fingerprint density at radius 1 is 1.18 bits per heavy atom. The lowest BCUT2D eigenvalue weighted by molar-refractivity contribution is 0.0662. The molecule has 0 spiro atoms. The van der Waals surface area contributed by atoms with Crippen LogP contribution in [0.5, 0.6) is 0 Å². The summed E-state index contributed by atoms with van der Waals surface area (Å²) in [5, 5.41) is 4.33. The van der Waals surface area contributed by atoms with Gasteiger partial charge in [-0.25, -0.2) is 14.7 Å². The van der Waals surface area contributed by atoms with Crippen LogP contribution in [0.15, 0.2) is 57.7 Å². The van der Waals surface area contributed by atoms with E-state index in [0.29, 0.717) is 0 Å². The van der Waals surface area contributed by atoms with E-state index < -0.39 is 0 Å². The molecule has 5 rings (SSSR count). The maximum absolute atomic E-state index is 5.53. The highest BCUT2D eigenvalue weighted by molar-refractivity contribution is 6.10. The van der Waals surface area contributed by atoms with Crippen LogP contribution in [0.25, 0.3) is 5.69 Å². The van der Waals surface area contributed by atoms with Gasteiger partial charge in [0.2, 0.25) is 0 Å². The number of amidine groups is 2. The molecule has 8 heteroatoms. The number of morpholine rings is 1. The van der Waals surface area contributed by atoms with Gasteiger partial charge in [0.05, 0.1) is 25.2 Å². The van der Waals surface area contributed by atoms with E-state index in [9.17, 15) is 0 Å². The molecular weight excluding hydrogens is 354 g/mol. The molecule has 0 bridgehead atoms. The summed E-state index contributed by atoms with van der Waals surface area (Å²) in [6, 6.07) is 10.1. The molecule has 0 aliphatic carbocycles. The van der Waals surface area contributed by atoms with Crippen molar-refractivity contribution in [3.05, 3.63) is 48.3 Å². The number of nitrogens with zero attached hydrogens (tertiary/aromatic N) is 7. The molecule has 2 atom stereocenters. The molecule has 8 nitrogen and oxygen atoms in total. The van der Waals surface area contributed by atoms with Crippen molar-refractivity contribution in [3.8, 4) is 5.69 Å². The molecule has 28 heavy (non-hydrogen) atoms. The Bertz CT molecular complexity index is 928. The summed E-state index contributed by atoms with van der Waals surface area (Å²) in [5.74, 6) is 1.75. The van der Waals surface area contributed by atoms with Crippen molar-refractivity contribution < 1.29 is 4.74 Å². The minimum Gasteiger partial charge on any atom is -0.378 e. The standard InChI is InChI=1S/C20H23N7O/c1-2-25-14-21-17-19(25)23-18(24-20(17)26-9-11-28-12-10-26)15-5-3-6-16(13-15)27-8-4-7-22-27/h3-8,13-14,17,19H,2,9-12H2,1H3. The van der Waals surface area contributed by atoms with E-state index in [1.165, 1.54) is 0 Å². The largest absolute Gasteiger partial charge is 0.378 e. The Morgan fingerprint density at radius 2 is 2.07 bits per heavy atom. The quantitative estimate of drug-likeness (QED) is 0.811. The first-order chi connectivity index (χ1) is 13.8. The lowest BCUT2D eigenvalue weighted by Crippen LogP contribution is -2.51. The maximum Gasteiger partial charge on any atom is 0.158 e. The number of aliphatic imine (C=N–C) groups is 3. The molecule has 3 aliphatic rings. The monoisotopic (exact) mass is 377 g/mol. The first-order valence-electron chi connectivity index (χ1n) is 9.72. The second-order valence-electron chi connectivity index (χ2n) is 6.98. The number of hydrogen-bond donors (Lipinski definition) is 0. The maximum atomic E-state index is 5.53. The van der Waals surface area contributed by atoms with Gasteiger partial charge in [0.15, 0.2) is 12.0 Å². The van der Waals surface area contributed by atoms with Crippen LogP contribution in [0.4, 0.5) is 0 Å². The van der Waals surface area contributed by atoms with Crippen molar-refractivity contribution in [2.24, 2.45) is 15.0 Å². The number of aromatic nitrogens is 2. The number of likely N-dealkylation sites (N-methyl/N-ethyl adjacent to an activating group) is 1. The molecule has 1 fully saturated rings. The van der Waals surface area contributed by atoms with Gasteiger partial charge in [-0.1, -0.05) is 12.1 Å². The Balaban J connectivity index is 1.54. The van der Waals surface area contributed by atoms with Gasteiger partial charge >= 0.3 is 0 Å². The number of fused-ring (bicyclic) bond motifs is 1. The summed E-state index contributed by atoms with van der Waals surface area (Å²) in [4.78, 5) is 19.1. The zero-order valence-corrected chi connectivity index (χ0v) is 15.8. The molecule has 0 amide bonds. The second-order valence-corrected chi connectivity index (χ2v) is 6.98. The van der Waals surface area contributed by atoms with E-state index >= 15 is 0 Å². The molecule has 3 aliphatic heterocycles. The van der Waals surface area contributed by atoms with Crippen LogP contribution in [0.2, 0.25) is 0 Å². The van der Waals surface area contributed by atoms with Gasteiger partial charge in [0.1, 0.15) is 11.9 Å². The fraction of sp³-hybridized carbons (Fsp3) is 0.400. The van der Waals surface area contributed by atoms with Gasteiger partial charge < -0.3 is 14.5 Å². The topological polar surface area (TPSA) is 70.6 Å². The molecule has 1 saturated heterocycles. The molecule has 4 heterocycles. The fourth-order valence-corrected chi connectivity index (χ4v) is 3.82. The SMILES string of the molecule is CCN1C=NC2C(N3CCOCC3)=NC(c3cccc(-n4cccn4)c3)=NC21. The fourth-order valence-electron chi connectivity index (χ4n) is 3.82. The summed E-state index contributed by atoms with van der Waals surface area (Å²) >= 11 is 0. The van der Waals surface area contributed by atoms with Gasteiger partial charge in [-0.05, 0) is 25.1 Å². The third-order valence-electron chi connectivity index (χ3n) is 5.31. The Kier molecular flexibility index (Phi) is 4.40. The number of hydrogen-bond acceptors (Lipinski definition) is 7. The summed E-state index contributed by atoms with van der Waals surface area (Å²) in [6.45, 7) is 6.11. The third kappa shape index (κ3) is 2.99. The zero-order valence-electron chi connectivity index (χ0n) is 15.8. The van der Waals surface area contributed by atoms with Crippen molar-refractivity contribution >= 4 is 18.0 Å². The normalized spacial score (nSPS) is 24.2. The third-order valence-corrected chi connectivity index (χ3v) is 5.31. The van der Waals surface area contributed by atoms with Crippen molar-refractivity contribution in [2.45, 2.75) is 19.1 Å². The highest BCUT2D eigenvalue weighted by atomic mass is 16.5. The summed E-state index contributed by atoms with van der Waals surface area (Å²) in [5.41, 5.74) is 1.98. The van der Waals surface area contributed by atoms with Crippen LogP contribution in [0, 0.1) is 0 Å². The summed E-state index contributed by atoms with van der Waals surface area (Å²) in [7, 11) is 0. The van der Waals surface area contributed by atoms with E-state index in [0.717, 1.165) is 55.8 Å². The Morgan fingerprint density at radius 3 is 2.86 bits per heavy atom. The van der Waals surface area contributed by atoms with E-state index in [-0.39, 0.29) is 12.2 Å². The molecule has 0 saturated carbocycles. The van der Waals surface area contributed by atoms with Crippen molar-refractivity contribution in [3.63, 3.8) is 0 Å². The second kappa shape index (κ2) is 7.20. The van der Waals surface area contributed by atoms with E-state index in [2.05, 4.69) is 34.0 Å². The van der Waals surface area contributed by atoms with Crippen LogP contribution in [0.3, 0.4) is 0 Å². The Labute approximate surface area is 163 Å². The van der Waals surface area contributed by atoms with Crippen LogP contribution >= 0.6 is 0 Å². The van der Waals surface area contributed by atoms with Crippen LogP contribution in [0.1, 0.15) is 12.5 Å². The zero-order chi connectivity index (χ0) is 18.9. The first-order valence-corrected chi connectivity index (χ1v) is 9.72. The van der Waals surface area contributed by atoms with Gasteiger partial charge in [-0.3, -0.25) is 4.99 Å². The summed E-state index contributed by atoms with van der Waals surface area (Å²) in [6.07, 6.45) is 5.59. The van der Waals surface area contributed by atoms with Crippen LogP contribution in [-0.4, -0.2) is 82.6 Å². The van der Waals surface area contributed by atoms with Gasteiger partial charge in [0.25, 0.3) is 0 Å². The van der Waals surface area contributed by atoms with E-state index in [1.807, 2.05) is 35.4 Å². The molecule has 1 aromatic heterocycles. The minimum atomic E-state index is -0.0453. The average Bonchev–Trinajstić information content (AvgIpc) is 3.44. The van der Waals surface area contributed by atoms with Crippen molar-refractivity contribution in [1.82, 2.24) is 19.6 Å². The van der Waals surface area contributed by atoms with Gasteiger partial charge in [0, 0.05) is 37.6 Å². The molecule has 0 N–H and O–H groups in total. The van der Waals surface area contributed by atoms with Gasteiger partial charge in [-0.2, -0.15) is 5.10 Å². The molecule has 144 valence electrons. The van der Waals surface area contributed by atoms with Crippen molar-refractivity contribution in [2.75, 3.05) is 32.8 Å². The number of ether oxygens (including phenoxy) is 1. The van der Waals surface area contributed by atoms with Crippen LogP contribution < -0.4 is 0 Å². The molecule has 2 aromatic rings. The molecule has 1 aromatic carbocycles. The smallest absolute Gasteiger partial charge is 0.158 e. The number of rotatable bonds is 3. The highest BCUT2D eigenvalue weighted by Gasteiger charge is 2.39. The van der Waals surface area contributed by atoms with E-state index in [1.54, 1.807) is 6.20 Å². The molecule has 2 unspecified atom stereocenters. The molecule has 0 radical (unpaired) electrons. The average molecular weight is 377 g/mol. The predicted octanol–water partition coefficient (Wildman–Crippen LogP) is 1.42. The summed E-state index contributed by atoms with van der Waals surface area (Å²) < 4.78 is 7.37. The minimum absolute atomic E-state index is 0.0382. The first kappa shape index (κ1) is 17.1. The number of benzene rings is 1. The lowest BCUT2D eigenvalue weighted by Gasteiger charge is -2.36. The van der Waals surface area contributed by atoms with Gasteiger partial charge in [-0.15, -0.1) is 0 Å². The predicted molar refractivity (Wildman–Crippen MR) is 108 cm³/mol. The lowest BCUT2D eigenvalue weighted by atomic mass is 10.1.